The molecule has 7 heteroatoms. The van der Waals surface area contributed by atoms with Crippen LogP contribution in [0.1, 0.15) is 23.1 Å². The molecule has 2 rings (SSSR count). The van der Waals surface area contributed by atoms with Gasteiger partial charge in [-0.15, -0.1) is 0 Å². The van der Waals surface area contributed by atoms with E-state index >= 15 is 0 Å². The minimum absolute atomic E-state index is 0.369. The molecule has 28 heavy (non-hydrogen) atoms. The number of hydrogen-bond acceptors (Lipinski definition) is 5. The second-order valence-electron chi connectivity index (χ2n) is 6.14. The van der Waals surface area contributed by atoms with E-state index in [4.69, 9.17) is 9.47 Å². The first kappa shape index (κ1) is 21.1. The molecule has 2 aromatic carbocycles. The van der Waals surface area contributed by atoms with Crippen LogP contribution in [0, 0.1) is 6.92 Å². The molecule has 0 unspecified atom stereocenters. The Hall–Kier alpha value is -3.19. The second-order valence-corrected chi connectivity index (χ2v) is 6.14. The molecule has 2 aromatic rings. The molecular weight excluding hydrogens is 358 g/mol. The van der Waals surface area contributed by atoms with Crippen molar-refractivity contribution in [2.45, 2.75) is 20.0 Å². The van der Waals surface area contributed by atoms with E-state index < -0.39 is 11.8 Å². The molecule has 2 amide bonds. The summed E-state index contributed by atoms with van der Waals surface area (Å²) in [4.78, 5) is 23.2. The predicted octanol–water partition coefficient (Wildman–Crippen LogP) is 2.18. The highest BCUT2D eigenvalue weighted by Crippen LogP contribution is 2.14. The molecular formula is C21H25N3O4. The topological polar surface area (TPSA) is 89.0 Å². The highest BCUT2D eigenvalue weighted by molar-refractivity contribution is 6.35. The Bertz CT molecular complexity index is 786. The third-order valence-electron chi connectivity index (χ3n) is 3.80. The van der Waals surface area contributed by atoms with Crippen molar-refractivity contribution in [2.24, 2.45) is 5.10 Å². The Kier molecular flexibility index (Phi) is 8.68. The molecule has 148 valence electrons. The van der Waals surface area contributed by atoms with Crippen LogP contribution in [0.5, 0.6) is 5.75 Å². The molecule has 0 fully saturated rings. The van der Waals surface area contributed by atoms with Gasteiger partial charge in [-0.2, -0.15) is 5.10 Å². The zero-order valence-electron chi connectivity index (χ0n) is 16.1. The lowest BCUT2D eigenvalue weighted by Gasteiger charge is -2.07. The second kappa shape index (κ2) is 11.5. The zero-order valence-corrected chi connectivity index (χ0v) is 16.1. The van der Waals surface area contributed by atoms with Gasteiger partial charge in [-0.1, -0.05) is 29.8 Å². The van der Waals surface area contributed by atoms with Gasteiger partial charge in [-0.3, -0.25) is 9.59 Å². The molecule has 0 aliphatic heterocycles. The first-order chi connectivity index (χ1) is 13.6. The van der Waals surface area contributed by atoms with Crippen LogP contribution < -0.4 is 15.5 Å². The molecule has 0 aliphatic carbocycles. The number of hydrazone groups is 1. The number of methoxy groups -OCH3 is 1. The number of hydrogen-bond donors (Lipinski definition) is 2. The van der Waals surface area contributed by atoms with Crippen LogP contribution in [-0.2, 0) is 20.9 Å². The number of benzene rings is 2. The average Bonchev–Trinajstić information content (AvgIpc) is 2.71. The highest BCUT2D eigenvalue weighted by Gasteiger charge is 2.11. The van der Waals surface area contributed by atoms with Crippen molar-refractivity contribution in [1.29, 1.82) is 0 Å². The molecule has 0 atom stereocenters. The van der Waals surface area contributed by atoms with Crippen molar-refractivity contribution in [3.8, 4) is 5.75 Å². The van der Waals surface area contributed by atoms with Gasteiger partial charge in [0.05, 0.1) is 6.21 Å². The van der Waals surface area contributed by atoms with Gasteiger partial charge in [-0.25, -0.2) is 5.43 Å². The van der Waals surface area contributed by atoms with Crippen molar-refractivity contribution in [2.75, 3.05) is 20.3 Å². The first-order valence-electron chi connectivity index (χ1n) is 8.97. The van der Waals surface area contributed by atoms with Gasteiger partial charge in [0.1, 0.15) is 12.4 Å². The standard InChI is InChI=1S/C21H25N3O4/c1-16-4-6-18(7-5-16)15-28-19-10-8-17(9-11-19)14-23-24-21(26)20(25)22-12-3-13-27-2/h4-11,14H,3,12-13,15H2,1-2H3,(H,22,25)(H,24,26)/b23-14-. The number of nitrogens with one attached hydrogen (secondary N) is 2. The number of carbonyl (C=O) groups excluding carboxylic acids is 2. The fourth-order valence-electron chi connectivity index (χ4n) is 2.22. The molecule has 2 N–H and O–H groups in total. The number of rotatable bonds is 9. The maximum absolute atomic E-state index is 11.6. The Morgan fingerprint density at radius 3 is 2.43 bits per heavy atom. The van der Waals surface area contributed by atoms with Crippen LogP contribution >= 0.6 is 0 Å². The molecule has 7 nitrogen and oxygen atoms in total. The van der Waals surface area contributed by atoms with E-state index in [1.807, 2.05) is 55.5 Å². The number of nitrogens with zero attached hydrogens (tertiary/aromatic N) is 1. The summed E-state index contributed by atoms with van der Waals surface area (Å²) in [6.45, 7) is 3.42. The molecule has 0 bridgehead atoms. The van der Waals surface area contributed by atoms with Gasteiger partial charge in [0, 0.05) is 20.3 Å². The third kappa shape index (κ3) is 7.59. The third-order valence-corrected chi connectivity index (χ3v) is 3.80. The smallest absolute Gasteiger partial charge is 0.329 e. The molecule has 0 spiro atoms. The Morgan fingerprint density at radius 2 is 1.75 bits per heavy atom. The lowest BCUT2D eigenvalue weighted by Crippen LogP contribution is -2.38. The minimum Gasteiger partial charge on any atom is -0.489 e. The van der Waals surface area contributed by atoms with Crippen LogP contribution in [0.2, 0.25) is 0 Å². The quantitative estimate of drug-likeness (QED) is 0.301. The molecule has 0 saturated carbocycles. The van der Waals surface area contributed by atoms with E-state index in [0.29, 0.717) is 26.2 Å². The van der Waals surface area contributed by atoms with Gasteiger partial charge in [-0.05, 0) is 48.7 Å². The molecule has 0 saturated heterocycles. The maximum atomic E-state index is 11.6. The van der Waals surface area contributed by atoms with Crippen LogP contribution in [-0.4, -0.2) is 38.3 Å². The monoisotopic (exact) mass is 383 g/mol. The van der Waals surface area contributed by atoms with E-state index in [2.05, 4.69) is 15.8 Å². The summed E-state index contributed by atoms with van der Waals surface area (Å²) in [6, 6.07) is 15.4. The van der Waals surface area contributed by atoms with Crippen molar-refractivity contribution in [3.05, 3.63) is 65.2 Å². The maximum Gasteiger partial charge on any atom is 0.329 e. The van der Waals surface area contributed by atoms with Crippen molar-refractivity contribution < 1.29 is 19.1 Å². The van der Waals surface area contributed by atoms with Crippen LogP contribution in [0.4, 0.5) is 0 Å². The predicted molar refractivity (Wildman–Crippen MR) is 107 cm³/mol. The highest BCUT2D eigenvalue weighted by atomic mass is 16.5. The van der Waals surface area contributed by atoms with E-state index in [0.717, 1.165) is 16.9 Å². The Balaban J connectivity index is 1.74. The van der Waals surface area contributed by atoms with Crippen molar-refractivity contribution >= 4 is 18.0 Å². The van der Waals surface area contributed by atoms with E-state index in [1.165, 1.54) is 11.8 Å². The fraction of sp³-hybridized carbons (Fsp3) is 0.286. The number of aryl methyl sites for hydroxylation is 1. The van der Waals surface area contributed by atoms with Crippen molar-refractivity contribution in [3.63, 3.8) is 0 Å². The van der Waals surface area contributed by atoms with Crippen LogP contribution in [0.3, 0.4) is 0 Å². The number of ether oxygens (including phenoxy) is 2. The van der Waals surface area contributed by atoms with E-state index in [-0.39, 0.29) is 0 Å². The largest absolute Gasteiger partial charge is 0.489 e. The lowest BCUT2D eigenvalue weighted by molar-refractivity contribution is -0.139. The summed E-state index contributed by atoms with van der Waals surface area (Å²) in [5.74, 6) is -0.808. The van der Waals surface area contributed by atoms with Crippen LogP contribution in [0.15, 0.2) is 53.6 Å². The normalized spacial score (nSPS) is 10.6. The summed E-state index contributed by atoms with van der Waals surface area (Å²) >= 11 is 0. The summed E-state index contributed by atoms with van der Waals surface area (Å²) in [5.41, 5.74) is 5.27. The van der Waals surface area contributed by atoms with Gasteiger partial charge >= 0.3 is 11.8 Å². The summed E-state index contributed by atoms with van der Waals surface area (Å²) in [6.07, 6.45) is 2.09. The number of amides is 2. The molecule has 0 heterocycles. The van der Waals surface area contributed by atoms with Gasteiger partial charge in [0.2, 0.25) is 0 Å². The zero-order chi connectivity index (χ0) is 20.2. The SMILES string of the molecule is COCCCNC(=O)C(=O)N/N=C\c1ccc(OCc2ccc(C)cc2)cc1. The van der Waals surface area contributed by atoms with Crippen LogP contribution in [0.25, 0.3) is 0 Å². The van der Waals surface area contributed by atoms with Gasteiger partial charge in [0.25, 0.3) is 0 Å². The minimum atomic E-state index is -0.813. The molecule has 0 aliphatic rings. The first-order valence-corrected chi connectivity index (χ1v) is 8.97. The van der Waals surface area contributed by atoms with Crippen molar-refractivity contribution in [1.82, 2.24) is 10.7 Å². The summed E-state index contributed by atoms with van der Waals surface area (Å²) in [7, 11) is 1.58. The molecule has 0 radical (unpaired) electrons. The summed E-state index contributed by atoms with van der Waals surface area (Å²) in [5, 5.41) is 6.27. The van der Waals surface area contributed by atoms with E-state index in [9.17, 15) is 9.59 Å². The van der Waals surface area contributed by atoms with Gasteiger partial charge in [0.15, 0.2) is 0 Å². The van der Waals surface area contributed by atoms with Gasteiger partial charge < -0.3 is 14.8 Å². The number of carbonyl (C=O) groups is 2. The summed E-state index contributed by atoms with van der Waals surface area (Å²) < 4.78 is 10.6. The fourth-order valence-corrected chi connectivity index (χ4v) is 2.22. The van der Waals surface area contributed by atoms with E-state index in [1.54, 1.807) is 7.11 Å². The lowest BCUT2D eigenvalue weighted by atomic mass is 10.2. The Labute approximate surface area is 164 Å². The molecule has 0 aromatic heterocycles. The Morgan fingerprint density at radius 1 is 1.04 bits per heavy atom. The average molecular weight is 383 g/mol.